The third-order valence-corrected chi connectivity index (χ3v) is 2.76. The normalized spacial score (nSPS) is 10.3. The van der Waals surface area contributed by atoms with Gasteiger partial charge in [0.15, 0.2) is 0 Å². The van der Waals surface area contributed by atoms with Crippen molar-refractivity contribution in [3.8, 4) is 0 Å². The molecule has 22 heavy (non-hydrogen) atoms. The molecule has 2 aromatic rings. The van der Waals surface area contributed by atoms with Crippen LogP contribution < -0.4 is 10.9 Å². The van der Waals surface area contributed by atoms with E-state index in [2.05, 4.69) is 10.3 Å². The molecule has 2 rings (SSSR count). The number of hydrogen-bond acceptors (Lipinski definition) is 5. The number of aryl methyl sites for hydroxylation is 1. The Kier molecular flexibility index (Phi) is 4.25. The first-order valence-electron chi connectivity index (χ1n) is 6.13. The molecule has 1 amide bonds. The van der Waals surface area contributed by atoms with Crippen LogP contribution >= 0.6 is 0 Å². The Morgan fingerprint density at radius 3 is 2.82 bits per heavy atom. The monoisotopic (exact) mass is 306 g/mol. The third kappa shape index (κ3) is 3.51. The van der Waals surface area contributed by atoms with Crippen molar-refractivity contribution in [1.29, 1.82) is 0 Å². The van der Waals surface area contributed by atoms with Crippen molar-refractivity contribution in [3.63, 3.8) is 0 Å². The molecule has 8 nitrogen and oxygen atoms in total. The van der Waals surface area contributed by atoms with Crippen molar-refractivity contribution in [3.05, 3.63) is 62.6 Å². The number of hydrogen-bond donors (Lipinski definition) is 1. The Hall–Kier alpha value is -3.10. The van der Waals surface area contributed by atoms with Gasteiger partial charge < -0.3 is 5.32 Å². The number of nitro groups is 1. The van der Waals surface area contributed by atoms with Crippen LogP contribution in [-0.4, -0.2) is 20.4 Å². The molecule has 0 aliphatic rings. The minimum absolute atomic E-state index is 0.0613. The van der Waals surface area contributed by atoms with Gasteiger partial charge >= 0.3 is 5.69 Å². The number of nitrogens with one attached hydrogen (secondary N) is 1. The Morgan fingerprint density at radius 2 is 2.18 bits per heavy atom. The topological polar surface area (TPSA) is 107 Å². The van der Waals surface area contributed by atoms with Gasteiger partial charge in [0, 0.05) is 23.5 Å². The molecule has 0 saturated carbocycles. The van der Waals surface area contributed by atoms with Crippen molar-refractivity contribution in [2.45, 2.75) is 13.5 Å². The first-order chi connectivity index (χ1) is 10.4. The van der Waals surface area contributed by atoms with E-state index in [4.69, 9.17) is 0 Å². The van der Waals surface area contributed by atoms with E-state index < -0.39 is 27.9 Å². The fourth-order valence-corrected chi connectivity index (χ4v) is 1.72. The van der Waals surface area contributed by atoms with Crippen LogP contribution in [0.25, 0.3) is 0 Å². The Morgan fingerprint density at radius 1 is 1.45 bits per heavy atom. The molecule has 114 valence electrons. The Balaban J connectivity index is 2.14. The lowest BCUT2D eigenvalue weighted by Gasteiger charge is -2.07. The molecule has 0 bridgehead atoms. The number of carbonyl (C=O) groups excluding carboxylic acids is 1. The number of nitro benzene ring substituents is 1. The first kappa shape index (κ1) is 15.3. The summed E-state index contributed by atoms with van der Waals surface area (Å²) in [6, 6.07) is 4.25. The van der Waals surface area contributed by atoms with E-state index in [1.807, 2.05) is 0 Å². The number of amides is 1. The molecule has 0 atom stereocenters. The second kappa shape index (κ2) is 6.12. The predicted molar refractivity (Wildman–Crippen MR) is 74.9 cm³/mol. The zero-order valence-corrected chi connectivity index (χ0v) is 11.4. The van der Waals surface area contributed by atoms with E-state index in [0.717, 1.165) is 16.7 Å². The number of benzene rings is 1. The lowest BCUT2D eigenvalue weighted by Crippen LogP contribution is -2.27. The second-order valence-electron chi connectivity index (χ2n) is 4.47. The summed E-state index contributed by atoms with van der Waals surface area (Å²) in [6.45, 7) is 1.33. The van der Waals surface area contributed by atoms with Gasteiger partial charge in [0.05, 0.1) is 11.3 Å². The van der Waals surface area contributed by atoms with Gasteiger partial charge in [-0.2, -0.15) is 4.39 Å². The van der Waals surface area contributed by atoms with E-state index in [9.17, 15) is 24.1 Å². The number of aromatic nitrogens is 2. The summed E-state index contributed by atoms with van der Waals surface area (Å²) in [5, 5.41) is 13.0. The fraction of sp³-hybridized carbons (Fsp3) is 0.154. The average Bonchev–Trinajstić information content (AvgIpc) is 2.44. The minimum Gasteiger partial charge on any atom is -0.324 e. The number of halogens is 1. The van der Waals surface area contributed by atoms with E-state index >= 15 is 0 Å². The summed E-state index contributed by atoms with van der Waals surface area (Å²) in [7, 11) is 0. The van der Waals surface area contributed by atoms with Crippen LogP contribution in [0.2, 0.25) is 0 Å². The van der Waals surface area contributed by atoms with Gasteiger partial charge in [-0.05, 0) is 19.1 Å². The van der Waals surface area contributed by atoms with Gasteiger partial charge in [0.25, 0.3) is 5.56 Å². The van der Waals surface area contributed by atoms with Crippen LogP contribution in [0.1, 0.15) is 5.69 Å². The molecule has 1 aromatic carbocycles. The molecular weight excluding hydrogens is 295 g/mol. The average molecular weight is 306 g/mol. The molecule has 1 aromatic heterocycles. The summed E-state index contributed by atoms with van der Waals surface area (Å²) >= 11 is 0. The zero-order valence-electron chi connectivity index (χ0n) is 11.4. The molecule has 1 heterocycles. The highest BCUT2D eigenvalue weighted by Crippen LogP contribution is 2.21. The molecule has 0 radical (unpaired) electrons. The van der Waals surface area contributed by atoms with Gasteiger partial charge in [-0.25, -0.2) is 4.98 Å². The highest BCUT2D eigenvalue weighted by molar-refractivity contribution is 5.90. The van der Waals surface area contributed by atoms with Crippen LogP contribution in [0.15, 0.2) is 35.4 Å². The van der Waals surface area contributed by atoms with Crippen LogP contribution in [0.3, 0.4) is 0 Å². The Labute approximate surface area is 123 Å². The molecular formula is C13H11FN4O4. The van der Waals surface area contributed by atoms with Gasteiger partial charge in [0.1, 0.15) is 6.54 Å². The Bertz CT molecular complexity index is 803. The zero-order chi connectivity index (χ0) is 16.3. The summed E-state index contributed by atoms with van der Waals surface area (Å²) in [6.07, 6.45) is 1.23. The van der Waals surface area contributed by atoms with Gasteiger partial charge in [-0.15, -0.1) is 0 Å². The fourth-order valence-electron chi connectivity index (χ4n) is 1.72. The SMILES string of the molecule is Cc1cc(=O)n(CC(=O)Nc2ccc(F)c([N+](=O)[O-])c2)cn1. The van der Waals surface area contributed by atoms with Crippen LogP contribution in [0.4, 0.5) is 15.8 Å². The number of rotatable bonds is 4. The smallest absolute Gasteiger partial charge is 0.306 e. The molecule has 0 fully saturated rings. The molecule has 1 N–H and O–H groups in total. The maximum atomic E-state index is 13.2. The predicted octanol–water partition coefficient (Wildman–Crippen LogP) is 1.24. The summed E-state index contributed by atoms with van der Waals surface area (Å²) in [5.74, 6) is -1.59. The summed E-state index contributed by atoms with van der Waals surface area (Å²) < 4.78 is 14.3. The summed E-state index contributed by atoms with van der Waals surface area (Å²) in [4.78, 5) is 37.1. The maximum Gasteiger partial charge on any atom is 0.306 e. The van der Waals surface area contributed by atoms with Crippen molar-refractivity contribution >= 4 is 17.3 Å². The van der Waals surface area contributed by atoms with E-state index in [1.165, 1.54) is 18.5 Å². The van der Waals surface area contributed by atoms with Crippen molar-refractivity contribution < 1.29 is 14.1 Å². The standard InChI is InChI=1S/C13H11FN4O4/c1-8-4-13(20)17(7-15-8)6-12(19)16-9-2-3-10(14)11(5-9)18(21)22/h2-5,7H,6H2,1H3,(H,16,19). The highest BCUT2D eigenvalue weighted by Gasteiger charge is 2.15. The second-order valence-corrected chi connectivity index (χ2v) is 4.47. The highest BCUT2D eigenvalue weighted by atomic mass is 19.1. The van der Waals surface area contributed by atoms with Crippen LogP contribution in [0.5, 0.6) is 0 Å². The number of nitrogens with zero attached hydrogens (tertiary/aromatic N) is 3. The minimum atomic E-state index is -0.998. The van der Waals surface area contributed by atoms with Gasteiger partial charge in [-0.1, -0.05) is 0 Å². The number of anilines is 1. The van der Waals surface area contributed by atoms with Crippen molar-refractivity contribution in [1.82, 2.24) is 9.55 Å². The summed E-state index contributed by atoms with van der Waals surface area (Å²) in [5.41, 5.74) is -0.554. The molecule has 0 unspecified atom stereocenters. The first-order valence-corrected chi connectivity index (χ1v) is 6.13. The maximum absolute atomic E-state index is 13.2. The molecule has 0 spiro atoms. The molecule has 0 aliphatic heterocycles. The number of carbonyl (C=O) groups is 1. The molecule has 0 aliphatic carbocycles. The molecule has 0 saturated heterocycles. The van der Waals surface area contributed by atoms with E-state index in [1.54, 1.807) is 6.92 Å². The van der Waals surface area contributed by atoms with E-state index in [0.29, 0.717) is 5.69 Å². The van der Waals surface area contributed by atoms with Gasteiger partial charge in [0.2, 0.25) is 11.7 Å². The molecule has 9 heteroatoms. The van der Waals surface area contributed by atoms with Gasteiger partial charge in [-0.3, -0.25) is 24.3 Å². The van der Waals surface area contributed by atoms with Crippen LogP contribution in [0, 0.1) is 22.9 Å². The third-order valence-electron chi connectivity index (χ3n) is 2.76. The lowest BCUT2D eigenvalue weighted by atomic mass is 10.2. The van der Waals surface area contributed by atoms with E-state index in [-0.39, 0.29) is 12.2 Å². The van der Waals surface area contributed by atoms with Crippen LogP contribution in [-0.2, 0) is 11.3 Å². The van der Waals surface area contributed by atoms with Crippen molar-refractivity contribution in [2.75, 3.05) is 5.32 Å². The quantitative estimate of drug-likeness (QED) is 0.675. The lowest BCUT2D eigenvalue weighted by molar-refractivity contribution is -0.387. The largest absolute Gasteiger partial charge is 0.324 e. The van der Waals surface area contributed by atoms with Crippen molar-refractivity contribution in [2.24, 2.45) is 0 Å².